The Morgan fingerprint density at radius 1 is 1.15 bits per heavy atom. The van der Waals surface area contributed by atoms with E-state index >= 15 is 0 Å². The molecule has 3 heteroatoms. The van der Waals surface area contributed by atoms with Gasteiger partial charge in [0, 0.05) is 47.0 Å². The Balaban J connectivity index is 1.71. The number of aryl methyl sites for hydroxylation is 3. The molecule has 0 amide bonds. The Bertz CT molecular complexity index is 717. The fourth-order valence-corrected chi connectivity index (χ4v) is 3.65. The molecule has 104 valence electrons. The second-order valence-electron chi connectivity index (χ2n) is 5.34. The first-order chi connectivity index (χ1) is 9.65. The Morgan fingerprint density at radius 2 is 1.95 bits per heavy atom. The van der Waals surface area contributed by atoms with E-state index < -0.39 is 0 Å². The fourth-order valence-electron chi connectivity index (χ4n) is 2.62. The molecular weight excluding hydrogens is 264 g/mol. The zero-order chi connectivity index (χ0) is 14.1. The minimum Gasteiger partial charge on any atom is -0.350 e. The summed E-state index contributed by atoms with van der Waals surface area (Å²) in [6, 6.07) is 10.9. The van der Waals surface area contributed by atoms with Crippen molar-refractivity contribution in [2.45, 2.75) is 26.9 Å². The van der Waals surface area contributed by atoms with Crippen LogP contribution in [-0.4, -0.2) is 4.57 Å². The van der Waals surface area contributed by atoms with Crippen molar-refractivity contribution in [2.24, 2.45) is 7.05 Å². The second kappa shape index (κ2) is 5.43. The summed E-state index contributed by atoms with van der Waals surface area (Å²) in [5.74, 6) is 0. The van der Waals surface area contributed by atoms with Crippen molar-refractivity contribution in [1.29, 1.82) is 0 Å². The van der Waals surface area contributed by atoms with Gasteiger partial charge in [0.05, 0.1) is 0 Å². The van der Waals surface area contributed by atoms with Gasteiger partial charge in [0.2, 0.25) is 0 Å². The van der Waals surface area contributed by atoms with Crippen LogP contribution in [-0.2, 0) is 20.1 Å². The van der Waals surface area contributed by atoms with Crippen LogP contribution in [0.5, 0.6) is 0 Å². The van der Waals surface area contributed by atoms with Gasteiger partial charge < -0.3 is 9.88 Å². The van der Waals surface area contributed by atoms with Gasteiger partial charge in [-0.05, 0) is 37.1 Å². The molecule has 1 N–H and O–H groups in total. The molecule has 2 aromatic heterocycles. The molecule has 1 aromatic carbocycles. The third-order valence-corrected chi connectivity index (χ3v) is 4.96. The summed E-state index contributed by atoms with van der Waals surface area (Å²) in [7, 11) is 2.11. The van der Waals surface area contributed by atoms with Crippen LogP contribution in [0.2, 0.25) is 0 Å². The van der Waals surface area contributed by atoms with Crippen molar-refractivity contribution in [1.82, 2.24) is 9.88 Å². The highest BCUT2D eigenvalue weighted by Gasteiger charge is 2.06. The van der Waals surface area contributed by atoms with E-state index in [0.29, 0.717) is 0 Å². The predicted molar refractivity (Wildman–Crippen MR) is 87.3 cm³/mol. The average Bonchev–Trinajstić information content (AvgIpc) is 2.92. The fraction of sp³-hybridized carbons (Fsp3) is 0.294. The first-order valence-corrected chi connectivity index (χ1v) is 7.76. The summed E-state index contributed by atoms with van der Waals surface area (Å²) in [6.07, 6.45) is 2.22. The van der Waals surface area contributed by atoms with Gasteiger partial charge in [0.15, 0.2) is 0 Å². The second-order valence-corrected chi connectivity index (χ2v) is 6.68. The lowest BCUT2D eigenvalue weighted by Gasteiger charge is -2.02. The van der Waals surface area contributed by atoms with E-state index in [4.69, 9.17) is 0 Å². The van der Waals surface area contributed by atoms with Crippen LogP contribution in [0.3, 0.4) is 0 Å². The first-order valence-electron chi connectivity index (χ1n) is 6.94. The van der Waals surface area contributed by atoms with Crippen molar-refractivity contribution in [3.05, 3.63) is 57.4 Å². The smallest absolute Gasteiger partial charge is 0.0481 e. The van der Waals surface area contributed by atoms with Gasteiger partial charge in [-0.3, -0.25) is 0 Å². The molecule has 0 saturated heterocycles. The predicted octanol–water partition coefficient (Wildman–Crippen LogP) is 4.15. The number of rotatable bonds is 4. The molecule has 2 heterocycles. The van der Waals surface area contributed by atoms with E-state index in [1.54, 1.807) is 0 Å². The van der Waals surface area contributed by atoms with Gasteiger partial charge >= 0.3 is 0 Å². The molecule has 0 aliphatic carbocycles. The van der Waals surface area contributed by atoms with E-state index in [9.17, 15) is 0 Å². The quantitative estimate of drug-likeness (QED) is 0.761. The summed E-state index contributed by atoms with van der Waals surface area (Å²) < 4.78 is 2.20. The normalized spacial score (nSPS) is 11.3. The highest BCUT2D eigenvalue weighted by atomic mass is 32.1. The zero-order valence-electron chi connectivity index (χ0n) is 12.2. The van der Waals surface area contributed by atoms with Gasteiger partial charge in [-0.25, -0.2) is 0 Å². The molecule has 3 aromatic rings. The molecule has 2 nitrogen and oxygen atoms in total. The number of fused-ring (bicyclic) bond motifs is 1. The number of thiophene rings is 1. The number of benzene rings is 1. The van der Waals surface area contributed by atoms with E-state index in [1.807, 2.05) is 11.3 Å². The highest BCUT2D eigenvalue weighted by Crippen LogP contribution is 2.22. The Kier molecular flexibility index (Phi) is 3.64. The van der Waals surface area contributed by atoms with Gasteiger partial charge in [-0.1, -0.05) is 18.2 Å². The van der Waals surface area contributed by atoms with Crippen LogP contribution in [0.4, 0.5) is 0 Å². The molecule has 0 spiro atoms. The lowest BCUT2D eigenvalue weighted by atomic mass is 10.2. The van der Waals surface area contributed by atoms with Crippen LogP contribution in [0, 0.1) is 13.8 Å². The standard InChI is InChI=1S/C17H20N2S/c1-12-8-15(20-13(12)2)10-18-9-14-11-19(3)17-7-5-4-6-16(14)17/h4-8,11,18H,9-10H2,1-3H3. The maximum Gasteiger partial charge on any atom is 0.0481 e. The van der Waals surface area contributed by atoms with Crippen molar-refractivity contribution < 1.29 is 0 Å². The lowest BCUT2D eigenvalue weighted by Crippen LogP contribution is -2.11. The maximum absolute atomic E-state index is 3.56. The van der Waals surface area contributed by atoms with Crippen LogP contribution in [0.25, 0.3) is 10.9 Å². The molecule has 0 radical (unpaired) electrons. The highest BCUT2D eigenvalue weighted by molar-refractivity contribution is 7.12. The molecule has 20 heavy (non-hydrogen) atoms. The molecule has 0 unspecified atom stereocenters. The van der Waals surface area contributed by atoms with Crippen molar-refractivity contribution in [3.63, 3.8) is 0 Å². The summed E-state index contributed by atoms with van der Waals surface area (Å²) in [6.45, 7) is 6.23. The molecule has 0 atom stereocenters. The molecule has 0 aliphatic rings. The van der Waals surface area contributed by atoms with Crippen LogP contribution < -0.4 is 5.32 Å². The van der Waals surface area contributed by atoms with Crippen molar-refractivity contribution >= 4 is 22.2 Å². The number of aromatic nitrogens is 1. The summed E-state index contributed by atoms with van der Waals surface area (Å²) in [5.41, 5.74) is 4.07. The van der Waals surface area contributed by atoms with Crippen LogP contribution in [0.15, 0.2) is 36.5 Å². The van der Waals surface area contributed by atoms with E-state index in [-0.39, 0.29) is 0 Å². The number of para-hydroxylation sites is 1. The van der Waals surface area contributed by atoms with Crippen molar-refractivity contribution in [2.75, 3.05) is 0 Å². The lowest BCUT2D eigenvalue weighted by molar-refractivity contribution is 0.702. The van der Waals surface area contributed by atoms with E-state index in [0.717, 1.165) is 13.1 Å². The molecule has 3 rings (SSSR count). The number of nitrogens with one attached hydrogen (secondary N) is 1. The summed E-state index contributed by atoms with van der Waals surface area (Å²) >= 11 is 1.89. The minimum atomic E-state index is 0.914. The van der Waals surface area contributed by atoms with Gasteiger partial charge in [-0.2, -0.15) is 0 Å². The molecule has 0 aliphatic heterocycles. The third kappa shape index (κ3) is 2.51. The average molecular weight is 284 g/mol. The van der Waals surface area contributed by atoms with Crippen LogP contribution in [0.1, 0.15) is 20.9 Å². The Hall–Kier alpha value is -1.58. The SMILES string of the molecule is Cc1cc(CNCc2cn(C)c3ccccc23)sc1C. The van der Waals surface area contributed by atoms with E-state index in [2.05, 4.69) is 67.3 Å². The first kappa shape index (κ1) is 13.4. The van der Waals surface area contributed by atoms with Crippen LogP contribution >= 0.6 is 11.3 Å². The molecular formula is C17H20N2S. The summed E-state index contributed by atoms with van der Waals surface area (Å²) in [4.78, 5) is 2.84. The maximum atomic E-state index is 3.56. The molecule has 0 fully saturated rings. The largest absolute Gasteiger partial charge is 0.350 e. The summed E-state index contributed by atoms with van der Waals surface area (Å²) in [5, 5.41) is 4.91. The molecule has 0 bridgehead atoms. The minimum absolute atomic E-state index is 0.914. The van der Waals surface area contributed by atoms with Gasteiger partial charge in [-0.15, -0.1) is 11.3 Å². The zero-order valence-corrected chi connectivity index (χ0v) is 13.1. The number of nitrogens with zero attached hydrogens (tertiary/aromatic N) is 1. The van der Waals surface area contributed by atoms with Gasteiger partial charge in [0.25, 0.3) is 0 Å². The third-order valence-electron chi connectivity index (χ3n) is 3.81. The Labute approximate surface area is 124 Å². The van der Waals surface area contributed by atoms with Gasteiger partial charge in [0.1, 0.15) is 0 Å². The monoisotopic (exact) mass is 284 g/mol. The van der Waals surface area contributed by atoms with E-state index in [1.165, 1.54) is 31.8 Å². The number of hydrogen-bond acceptors (Lipinski definition) is 2. The molecule has 0 saturated carbocycles. The topological polar surface area (TPSA) is 17.0 Å². The number of hydrogen-bond donors (Lipinski definition) is 1. The van der Waals surface area contributed by atoms with Crippen molar-refractivity contribution in [3.8, 4) is 0 Å². The Morgan fingerprint density at radius 3 is 2.70 bits per heavy atom.